The number of likely N-dealkylation sites (N-methyl/N-ethyl adjacent to an activating group) is 1. The quantitative estimate of drug-likeness (QED) is 0.749. The lowest BCUT2D eigenvalue weighted by Crippen LogP contribution is -2.31. The molecule has 0 aliphatic rings. The van der Waals surface area contributed by atoms with Gasteiger partial charge in [-0.15, -0.1) is 0 Å². The maximum absolute atomic E-state index is 13.6. The first kappa shape index (κ1) is 18.2. The Balaban J connectivity index is 1.92. The molecule has 0 aromatic heterocycles. The molecule has 0 N–H and O–H groups in total. The summed E-state index contributed by atoms with van der Waals surface area (Å²) in [6.07, 6.45) is 0. The highest BCUT2D eigenvalue weighted by molar-refractivity contribution is 6.35. The number of carbonyl (C=O) groups is 2. The van der Waals surface area contributed by atoms with Crippen molar-refractivity contribution in [3.63, 3.8) is 0 Å². The van der Waals surface area contributed by atoms with E-state index < -0.39 is 24.3 Å². The van der Waals surface area contributed by atoms with Crippen LogP contribution in [0.25, 0.3) is 0 Å². The van der Waals surface area contributed by atoms with Gasteiger partial charge in [-0.1, -0.05) is 41.4 Å². The van der Waals surface area contributed by atoms with Gasteiger partial charge in [0.15, 0.2) is 6.61 Å². The number of ether oxygens (including phenoxy) is 1. The molecule has 1 amide bonds. The Morgan fingerprint density at radius 3 is 2.38 bits per heavy atom. The van der Waals surface area contributed by atoms with E-state index in [0.29, 0.717) is 5.56 Å². The monoisotopic (exact) mass is 369 g/mol. The normalized spacial score (nSPS) is 10.3. The molecule has 24 heavy (non-hydrogen) atoms. The highest BCUT2D eigenvalue weighted by Gasteiger charge is 2.15. The molecule has 0 heterocycles. The van der Waals surface area contributed by atoms with Crippen LogP contribution in [0.4, 0.5) is 4.39 Å². The number of rotatable bonds is 5. The van der Waals surface area contributed by atoms with Crippen LogP contribution < -0.4 is 0 Å². The molecule has 0 fully saturated rings. The van der Waals surface area contributed by atoms with Crippen LogP contribution >= 0.6 is 23.2 Å². The minimum Gasteiger partial charge on any atom is -0.452 e. The Labute approximate surface area is 148 Å². The van der Waals surface area contributed by atoms with Crippen LogP contribution in [0.5, 0.6) is 0 Å². The van der Waals surface area contributed by atoms with Crippen molar-refractivity contribution in [3.05, 3.63) is 69.5 Å². The molecule has 0 spiro atoms. The third-order valence-corrected chi connectivity index (χ3v) is 3.65. The number of amides is 1. The van der Waals surface area contributed by atoms with Crippen LogP contribution in [0.1, 0.15) is 15.9 Å². The van der Waals surface area contributed by atoms with E-state index >= 15 is 0 Å². The van der Waals surface area contributed by atoms with Gasteiger partial charge in [-0.25, -0.2) is 9.18 Å². The highest BCUT2D eigenvalue weighted by Crippen LogP contribution is 2.19. The van der Waals surface area contributed by atoms with Crippen molar-refractivity contribution in [2.45, 2.75) is 6.54 Å². The predicted molar refractivity (Wildman–Crippen MR) is 89.6 cm³/mol. The second-order valence-corrected chi connectivity index (χ2v) is 5.95. The third-order valence-electron chi connectivity index (χ3n) is 3.22. The van der Waals surface area contributed by atoms with E-state index in [2.05, 4.69) is 0 Å². The number of benzene rings is 2. The van der Waals surface area contributed by atoms with Gasteiger partial charge in [-0.2, -0.15) is 0 Å². The molecule has 0 saturated carbocycles. The maximum Gasteiger partial charge on any atom is 0.338 e. The molecule has 2 rings (SSSR count). The van der Waals surface area contributed by atoms with E-state index in [4.69, 9.17) is 27.9 Å². The summed E-state index contributed by atoms with van der Waals surface area (Å²) in [6.45, 7) is -0.389. The third kappa shape index (κ3) is 4.94. The van der Waals surface area contributed by atoms with Crippen molar-refractivity contribution in [1.29, 1.82) is 0 Å². The SMILES string of the molecule is CN(Cc1ccccc1F)C(=O)COC(=O)c1cc(Cl)cc(Cl)c1. The van der Waals surface area contributed by atoms with Crippen LogP contribution in [-0.4, -0.2) is 30.4 Å². The average Bonchev–Trinajstić information content (AvgIpc) is 2.53. The predicted octanol–water partition coefficient (Wildman–Crippen LogP) is 3.95. The lowest BCUT2D eigenvalue weighted by Gasteiger charge is -2.17. The fourth-order valence-corrected chi connectivity index (χ4v) is 2.49. The Bertz CT molecular complexity index is 747. The zero-order valence-electron chi connectivity index (χ0n) is 12.8. The number of nitrogens with zero attached hydrogens (tertiary/aromatic N) is 1. The number of halogens is 3. The van der Waals surface area contributed by atoms with Gasteiger partial charge in [0.1, 0.15) is 5.82 Å². The molecule has 0 unspecified atom stereocenters. The molecule has 0 aliphatic heterocycles. The fraction of sp³-hybridized carbons (Fsp3) is 0.176. The zero-order valence-corrected chi connectivity index (χ0v) is 14.3. The Hall–Kier alpha value is -2.11. The number of carbonyl (C=O) groups excluding carboxylic acids is 2. The molecule has 4 nitrogen and oxygen atoms in total. The molecular weight excluding hydrogens is 356 g/mol. The molecular formula is C17H14Cl2FNO3. The van der Waals surface area contributed by atoms with Gasteiger partial charge in [-0.3, -0.25) is 4.79 Å². The summed E-state index contributed by atoms with van der Waals surface area (Å²) in [5.74, 6) is -1.57. The van der Waals surface area contributed by atoms with E-state index in [9.17, 15) is 14.0 Å². The topological polar surface area (TPSA) is 46.6 Å². The lowest BCUT2D eigenvalue weighted by atomic mass is 10.2. The molecule has 126 valence electrons. The summed E-state index contributed by atoms with van der Waals surface area (Å²) in [5, 5.41) is 0.579. The lowest BCUT2D eigenvalue weighted by molar-refractivity contribution is -0.133. The molecule has 0 aliphatic carbocycles. The number of hydrogen-bond acceptors (Lipinski definition) is 3. The highest BCUT2D eigenvalue weighted by atomic mass is 35.5. The summed E-state index contributed by atoms with van der Waals surface area (Å²) in [6, 6.07) is 10.4. The maximum atomic E-state index is 13.6. The minimum absolute atomic E-state index is 0.0754. The van der Waals surface area contributed by atoms with Crippen molar-refractivity contribution in [2.75, 3.05) is 13.7 Å². The smallest absolute Gasteiger partial charge is 0.338 e. The van der Waals surface area contributed by atoms with Gasteiger partial charge < -0.3 is 9.64 Å². The van der Waals surface area contributed by atoms with E-state index in [1.165, 1.54) is 36.2 Å². The van der Waals surface area contributed by atoms with Gasteiger partial charge in [0.05, 0.1) is 5.56 Å². The van der Waals surface area contributed by atoms with Crippen LogP contribution in [0.15, 0.2) is 42.5 Å². The van der Waals surface area contributed by atoms with Crippen molar-refractivity contribution < 1.29 is 18.7 Å². The molecule has 2 aromatic carbocycles. The van der Waals surface area contributed by atoms with Gasteiger partial charge in [-0.05, 0) is 24.3 Å². The van der Waals surface area contributed by atoms with E-state index in [-0.39, 0.29) is 22.2 Å². The van der Waals surface area contributed by atoms with Crippen molar-refractivity contribution in [3.8, 4) is 0 Å². The largest absolute Gasteiger partial charge is 0.452 e. The molecule has 0 radical (unpaired) electrons. The molecule has 0 saturated heterocycles. The standard InChI is InChI=1S/C17H14Cl2FNO3/c1-21(9-11-4-2-3-5-15(11)20)16(22)10-24-17(23)12-6-13(18)8-14(19)7-12/h2-8H,9-10H2,1H3. The van der Waals surface area contributed by atoms with E-state index in [0.717, 1.165) is 0 Å². The summed E-state index contributed by atoms with van der Waals surface area (Å²) in [7, 11) is 1.50. The van der Waals surface area contributed by atoms with Gasteiger partial charge in [0.25, 0.3) is 5.91 Å². The summed E-state index contributed by atoms with van der Waals surface area (Å²) in [4.78, 5) is 25.2. The minimum atomic E-state index is -0.716. The van der Waals surface area contributed by atoms with Crippen LogP contribution in [0.2, 0.25) is 10.0 Å². The first-order chi connectivity index (χ1) is 11.4. The van der Waals surface area contributed by atoms with Crippen molar-refractivity contribution >= 4 is 35.1 Å². The van der Waals surface area contributed by atoms with Gasteiger partial charge >= 0.3 is 5.97 Å². The fourth-order valence-electron chi connectivity index (χ4n) is 1.96. The number of esters is 1. The molecule has 0 bridgehead atoms. The second kappa shape index (κ2) is 8.13. The summed E-state index contributed by atoms with van der Waals surface area (Å²) < 4.78 is 18.5. The first-order valence-electron chi connectivity index (χ1n) is 6.97. The van der Waals surface area contributed by atoms with Crippen molar-refractivity contribution in [2.24, 2.45) is 0 Å². The number of hydrogen-bond donors (Lipinski definition) is 0. The van der Waals surface area contributed by atoms with E-state index in [1.807, 2.05) is 0 Å². The van der Waals surface area contributed by atoms with Crippen LogP contribution in [0, 0.1) is 5.82 Å². The van der Waals surface area contributed by atoms with Gasteiger partial charge in [0, 0.05) is 29.2 Å². The van der Waals surface area contributed by atoms with Gasteiger partial charge in [0.2, 0.25) is 0 Å². The second-order valence-electron chi connectivity index (χ2n) is 5.08. The van der Waals surface area contributed by atoms with Crippen molar-refractivity contribution in [1.82, 2.24) is 4.90 Å². The summed E-state index contributed by atoms with van der Waals surface area (Å²) in [5.41, 5.74) is 0.526. The molecule has 0 atom stereocenters. The van der Waals surface area contributed by atoms with E-state index in [1.54, 1.807) is 18.2 Å². The van der Waals surface area contributed by atoms with Crippen LogP contribution in [0.3, 0.4) is 0 Å². The Morgan fingerprint density at radius 2 is 1.75 bits per heavy atom. The molecule has 7 heteroatoms. The Morgan fingerprint density at radius 1 is 1.12 bits per heavy atom. The average molecular weight is 370 g/mol. The molecule has 2 aromatic rings. The van der Waals surface area contributed by atoms with Crippen LogP contribution in [-0.2, 0) is 16.1 Å². The Kier molecular flexibility index (Phi) is 6.17. The first-order valence-corrected chi connectivity index (χ1v) is 7.73. The zero-order chi connectivity index (χ0) is 17.7. The summed E-state index contributed by atoms with van der Waals surface area (Å²) >= 11 is 11.6.